The highest BCUT2D eigenvalue weighted by atomic mass is 35.5. The molecular formula is C19H24ClN5O. The van der Waals surface area contributed by atoms with Crippen molar-refractivity contribution in [1.29, 1.82) is 0 Å². The van der Waals surface area contributed by atoms with Crippen molar-refractivity contribution < 1.29 is 4.79 Å². The molecule has 1 aromatic carbocycles. The molecule has 1 atom stereocenters. The topological polar surface area (TPSA) is 53.4 Å². The summed E-state index contributed by atoms with van der Waals surface area (Å²) >= 11 is 6.29. The van der Waals surface area contributed by atoms with Gasteiger partial charge >= 0.3 is 0 Å². The molecule has 6 nitrogen and oxygen atoms in total. The Kier molecular flexibility index (Phi) is 4.98. The van der Waals surface area contributed by atoms with E-state index >= 15 is 0 Å². The van der Waals surface area contributed by atoms with Gasteiger partial charge in [0.1, 0.15) is 0 Å². The number of likely N-dealkylation sites (tertiary alicyclic amines) is 1. The molecule has 1 amide bonds. The molecular weight excluding hydrogens is 350 g/mol. The number of hydrogen-bond donors (Lipinski definition) is 1. The lowest BCUT2D eigenvalue weighted by Crippen LogP contribution is -2.49. The van der Waals surface area contributed by atoms with E-state index in [9.17, 15) is 4.79 Å². The Bertz CT molecular complexity index is 799. The van der Waals surface area contributed by atoms with Gasteiger partial charge in [0.15, 0.2) is 0 Å². The van der Waals surface area contributed by atoms with Crippen molar-refractivity contribution in [1.82, 2.24) is 24.9 Å². The molecule has 7 heteroatoms. The van der Waals surface area contributed by atoms with Gasteiger partial charge in [-0.15, -0.1) is 0 Å². The second-order valence-electron chi connectivity index (χ2n) is 6.99. The van der Waals surface area contributed by atoms with E-state index in [0.29, 0.717) is 16.6 Å². The molecule has 1 unspecified atom stereocenters. The van der Waals surface area contributed by atoms with Crippen LogP contribution in [0.3, 0.4) is 0 Å². The average molecular weight is 374 g/mol. The standard InChI is InChI=1S/C19H24ClN5O/c1-14-16(12-22-25(14)18-5-3-2-4-17(18)20)19(26)24-9-6-15(13-24)23-10-7-21-8-11-23/h2-5,12,15,21H,6-11,13H2,1H3. The highest BCUT2D eigenvalue weighted by Crippen LogP contribution is 2.24. The zero-order valence-corrected chi connectivity index (χ0v) is 15.7. The van der Waals surface area contributed by atoms with E-state index in [4.69, 9.17) is 11.6 Å². The van der Waals surface area contributed by atoms with Gasteiger partial charge in [-0.25, -0.2) is 4.68 Å². The van der Waals surface area contributed by atoms with Crippen molar-refractivity contribution in [2.24, 2.45) is 0 Å². The summed E-state index contributed by atoms with van der Waals surface area (Å²) in [4.78, 5) is 17.5. The predicted molar refractivity (Wildman–Crippen MR) is 102 cm³/mol. The highest BCUT2D eigenvalue weighted by molar-refractivity contribution is 6.32. The molecule has 2 aliphatic heterocycles. The zero-order chi connectivity index (χ0) is 18.1. The van der Waals surface area contributed by atoms with Gasteiger partial charge in [0.05, 0.1) is 28.2 Å². The van der Waals surface area contributed by atoms with Gasteiger partial charge in [-0.3, -0.25) is 9.69 Å². The third kappa shape index (κ3) is 3.24. The molecule has 26 heavy (non-hydrogen) atoms. The number of aromatic nitrogens is 2. The van der Waals surface area contributed by atoms with Gasteiger partial charge in [0.2, 0.25) is 0 Å². The number of piperazine rings is 1. The molecule has 2 aliphatic rings. The Hall–Kier alpha value is -1.89. The summed E-state index contributed by atoms with van der Waals surface area (Å²) in [5.41, 5.74) is 2.28. The van der Waals surface area contributed by atoms with Crippen molar-refractivity contribution in [3.05, 3.63) is 46.7 Å². The monoisotopic (exact) mass is 373 g/mol. The minimum absolute atomic E-state index is 0.0680. The summed E-state index contributed by atoms with van der Waals surface area (Å²) in [5, 5.41) is 8.42. The van der Waals surface area contributed by atoms with Crippen LogP contribution >= 0.6 is 11.6 Å². The number of nitrogens with one attached hydrogen (secondary N) is 1. The van der Waals surface area contributed by atoms with Crippen LogP contribution in [0.4, 0.5) is 0 Å². The number of para-hydroxylation sites is 1. The van der Waals surface area contributed by atoms with E-state index < -0.39 is 0 Å². The summed E-state index contributed by atoms with van der Waals surface area (Å²) in [7, 11) is 0. The summed E-state index contributed by atoms with van der Waals surface area (Å²) in [5.74, 6) is 0.0680. The summed E-state index contributed by atoms with van der Waals surface area (Å²) < 4.78 is 1.75. The second kappa shape index (κ2) is 7.39. The molecule has 3 heterocycles. The lowest BCUT2D eigenvalue weighted by molar-refractivity contribution is 0.0772. The number of amides is 1. The van der Waals surface area contributed by atoms with E-state index in [1.54, 1.807) is 10.9 Å². The molecule has 1 aromatic heterocycles. The number of nitrogens with zero attached hydrogens (tertiary/aromatic N) is 4. The number of carbonyl (C=O) groups is 1. The molecule has 0 spiro atoms. The van der Waals surface area contributed by atoms with Gasteiger partial charge in [-0.05, 0) is 25.5 Å². The van der Waals surface area contributed by atoms with Crippen molar-refractivity contribution in [2.45, 2.75) is 19.4 Å². The molecule has 0 radical (unpaired) electrons. The van der Waals surface area contributed by atoms with Gasteiger partial charge in [0.25, 0.3) is 5.91 Å². The Morgan fingerprint density at radius 1 is 1.23 bits per heavy atom. The van der Waals surface area contributed by atoms with E-state index in [-0.39, 0.29) is 5.91 Å². The molecule has 138 valence electrons. The van der Waals surface area contributed by atoms with Crippen LogP contribution in [0, 0.1) is 6.92 Å². The lowest BCUT2D eigenvalue weighted by atomic mass is 10.2. The number of hydrogen-bond acceptors (Lipinski definition) is 4. The van der Waals surface area contributed by atoms with E-state index in [2.05, 4.69) is 15.3 Å². The second-order valence-corrected chi connectivity index (χ2v) is 7.39. The third-order valence-electron chi connectivity index (χ3n) is 5.44. The number of benzene rings is 1. The van der Waals surface area contributed by atoms with Crippen molar-refractivity contribution in [2.75, 3.05) is 39.3 Å². The Labute approximate surface area is 158 Å². The maximum atomic E-state index is 13.0. The average Bonchev–Trinajstić information content (AvgIpc) is 3.30. The normalized spacial score (nSPS) is 21.3. The number of halogens is 1. The summed E-state index contributed by atoms with van der Waals surface area (Å²) in [6.07, 6.45) is 2.71. The predicted octanol–water partition coefficient (Wildman–Crippen LogP) is 1.95. The first-order valence-electron chi connectivity index (χ1n) is 9.18. The number of rotatable bonds is 3. The fourth-order valence-electron chi connectivity index (χ4n) is 3.93. The molecule has 0 saturated carbocycles. The van der Waals surface area contributed by atoms with Crippen LogP contribution in [0.15, 0.2) is 30.5 Å². The van der Waals surface area contributed by atoms with E-state index in [1.807, 2.05) is 36.1 Å². The van der Waals surface area contributed by atoms with Crippen LogP contribution in [0.25, 0.3) is 5.69 Å². The Morgan fingerprint density at radius 3 is 2.77 bits per heavy atom. The minimum atomic E-state index is 0.0680. The van der Waals surface area contributed by atoms with Crippen molar-refractivity contribution >= 4 is 17.5 Å². The molecule has 4 rings (SSSR count). The van der Waals surface area contributed by atoms with Crippen molar-refractivity contribution in [3.63, 3.8) is 0 Å². The smallest absolute Gasteiger partial charge is 0.257 e. The first kappa shape index (κ1) is 17.5. The zero-order valence-electron chi connectivity index (χ0n) is 15.0. The molecule has 2 fully saturated rings. The lowest BCUT2D eigenvalue weighted by Gasteiger charge is -2.32. The first-order chi connectivity index (χ1) is 12.6. The fourth-order valence-corrected chi connectivity index (χ4v) is 4.14. The van der Waals surface area contributed by atoms with Crippen LogP contribution in [-0.2, 0) is 0 Å². The molecule has 0 bridgehead atoms. The Balaban J connectivity index is 1.50. The maximum absolute atomic E-state index is 13.0. The van der Waals surface area contributed by atoms with Crippen LogP contribution in [-0.4, -0.2) is 70.8 Å². The Morgan fingerprint density at radius 2 is 2.00 bits per heavy atom. The largest absolute Gasteiger partial charge is 0.337 e. The molecule has 2 aromatic rings. The van der Waals surface area contributed by atoms with Crippen LogP contribution < -0.4 is 5.32 Å². The minimum Gasteiger partial charge on any atom is -0.337 e. The fraction of sp³-hybridized carbons (Fsp3) is 0.474. The van der Waals surface area contributed by atoms with Gasteiger partial charge in [-0.2, -0.15) is 5.10 Å². The van der Waals surface area contributed by atoms with Crippen molar-refractivity contribution in [3.8, 4) is 5.69 Å². The van der Waals surface area contributed by atoms with E-state index in [1.165, 1.54) is 0 Å². The first-order valence-corrected chi connectivity index (χ1v) is 9.56. The van der Waals surface area contributed by atoms with Gasteiger partial charge in [0, 0.05) is 45.3 Å². The van der Waals surface area contributed by atoms with Crippen LogP contribution in [0.1, 0.15) is 22.5 Å². The van der Waals surface area contributed by atoms with E-state index in [0.717, 1.165) is 57.1 Å². The molecule has 0 aliphatic carbocycles. The highest BCUT2D eigenvalue weighted by Gasteiger charge is 2.32. The van der Waals surface area contributed by atoms with Crippen LogP contribution in [0.2, 0.25) is 5.02 Å². The molecule has 1 N–H and O–H groups in total. The number of carbonyl (C=O) groups excluding carboxylic acids is 1. The van der Waals surface area contributed by atoms with Gasteiger partial charge in [-0.1, -0.05) is 23.7 Å². The summed E-state index contributed by atoms with van der Waals surface area (Å²) in [6.45, 7) is 7.74. The third-order valence-corrected chi connectivity index (χ3v) is 5.76. The maximum Gasteiger partial charge on any atom is 0.257 e. The van der Waals surface area contributed by atoms with Crippen LogP contribution in [0.5, 0.6) is 0 Å². The van der Waals surface area contributed by atoms with Gasteiger partial charge < -0.3 is 10.2 Å². The summed E-state index contributed by atoms with van der Waals surface area (Å²) in [6, 6.07) is 8.02. The SMILES string of the molecule is Cc1c(C(=O)N2CCC(N3CCNCC3)C2)cnn1-c1ccccc1Cl. The molecule has 2 saturated heterocycles. The quantitative estimate of drug-likeness (QED) is 0.893.